The second-order valence-electron chi connectivity index (χ2n) is 7.96. The molecule has 0 fully saturated rings. The summed E-state index contributed by atoms with van der Waals surface area (Å²) >= 11 is 1.56. The average Bonchev–Trinajstić information content (AvgIpc) is 3.30. The standard InChI is InChI=1S/C23H25N3O3S/c24-9-3-4-15-7-8-18-19(10-15)30-20(26-18)14-25-22(29)23(13-21(27)28)11-16-5-1-2-6-17(16)12-23/h1-2,5-8,10H,3-4,9,11-14,24H2,(H,25,29)(H,27,28). The smallest absolute Gasteiger partial charge is 0.304 e. The summed E-state index contributed by atoms with van der Waals surface area (Å²) in [4.78, 5) is 29.3. The fraction of sp³-hybridized carbons (Fsp3) is 0.348. The van der Waals surface area contributed by atoms with Crippen LogP contribution in [0.1, 0.15) is 34.5 Å². The van der Waals surface area contributed by atoms with E-state index >= 15 is 0 Å². The number of fused-ring (bicyclic) bond motifs is 2. The van der Waals surface area contributed by atoms with Crippen LogP contribution in [-0.4, -0.2) is 28.5 Å². The van der Waals surface area contributed by atoms with E-state index in [0.29, 0.717) is 25.9 Å². The molecular weight excluding hydrogens is 398 g/mol. The molecule has 1 heterocycles. The molecule has 7 heteroatoms. The van der Waals surface area contributed by atoms with E-state index in [1.807, 2.05) is 30.3 Å². The second kappa shape index (κ2) is 8.53. The van der Waals surface area contributed by atoms with E-state index in [1.54, 1.807) is 11.3 Å². The number of thiazole rings is 1. The number of hydrogen-bond acceptors (Lipinski definition) is 5. The minimum Gasteiger partial charge on any atom is -0.481 e. The first-order valence-corrected chi connectivity index (χ1v) is 11.0. The highest BCUT2D eigenvalue weighted by Crippen LogP contribution is 2.40. The van der Waals surface area contributed by atoms with E-state index in [2.05, 4.69) is 22.4 Å². The van der Waals surface area contributed by atoms with Crippen LogP contribution < -0.4 is 11.1 Å². The van der Waals surface area contributed by atoms with Crippen molar-refractivity contribution in [1.29, 1.82) is 0 Å². The van der Waals surface area contributed by atoms with Crippen molar-refractivity contribution in [1.82, 2.24) is 10.3 Å². The third-order valence-corrected chi connectivity index (χ3v) is 6.73. The van der Waals surface area contributed by atoms with Crippen LogP contribution in [0.3, 0.4) is 0 Å². The quantitative estimate of drug-likeness (QED) is 0.516. The minimum atomic E-state index is -0.956. The highest BCUT2D eigenvalue weighted by molar-refractivity contribution is 7.18. The number of rotatable bonds is 8. The lowest BCUT2D eigenvalue weighted by Gasteiger charge is -2.25. The van der Waals surface area contributed by atoms with Crippen LogP contribution >= 0.6 is 11.3 Å². The van der Waals surface area contributed by atoms with Crippen LogP contribution in [0.4, 0.5) is 0 Å². The first-order chi connectivity index (χ1) is 14.5. The van der Waals surface area contributed by atoms with Gasteiger partial charge in [-0.1, -0.05) is 30.3 Å². The summed E-state index contributed by atoms with van der Waals surface area (Å²) in [5.74, 6) is -1.17. The number of hydrogen-bond donors (Lipinski definition) is 3. The molecule has 1 amide bonds. The molecule has 6 nitrogen and oxygen atoms in total. The Labute approximate surface area is 179 Å². The van der Waals surface area contributed by atoms with Gasteiger partial charge in [0, 0.05) is 0 Å². The molecule has 4 rings (SSSR count). The van der Waals surface area contributed by atoms with Gasteiger partial charge in [-0.05, 0) is 61.1 Å². The first-order valence-electron chi connectivity index (χ1n) is 10.1. The summed E-state index contributed by atoms with van der Waals surface area (Å²) < 4.78 is 1.09. The Morgan fingerprint density at radius 3 is 2.57 bits per heavy atom. The van der Waals surface area contributed by atoms with Crippen LogP contribution in [0.2, 0.25) is 0 Å². The molecule has 0 spiro atoms. The number of carboxylic acid groups (broad SMARTS) is 1. The third-order valence-electron chi connectivity index (χ3n) is 5.71. The van der Waals surface area contributed by atoms with Gasteiger partial charge in [-0.2, -0.15) is 0 Å². The number of nitrogens with one attached hydrogen (secondary N) is 1. The topological polar surface area (TPSA) is 105 Å². The second-order valence-corrected chi connectivity index (χ2v) is 9.07. The van der Waals surface area contributed by atoms with Crippen molar-refractivity contribution in [2.75, 3.05) is 6.54 Å². The number of aryl methyl sites for hydroxylation is 1. The molecule has 1 aliphatic rings. The molecule has 30 heavy (non-hydrogen) atoms. The molecule has 3 aromatic rings. The SMILES string of the molecule is NCCCc1ccc2nc(CNC(=O)C3(CC(=O)O)Cc4ccccc4C3)sc2c1. The number of nitrogens with two attached hydrogens (primary N) is 1. The highest BCUT2D eigenvalue weighted by Gasteiger charge is 2.45. The maximum atomic E-state index is 13.1. The summed E-state index contributed by atoms with van der Waals surface area (Å²) in [5, 5.41) is 13.2. The van der Waals surface area contributed by atoms with Crippen molar-refractivity contribution in [3.63, 3.8) is 0 Å². The predicted octanol–water partition coefficient (Wildman–Crippen LogP) is 3.06. The molecule has 0 aliphatic heterocycles. The van der Waals surface area contributed by atoms with E-state index in [1.165, 1.54) is 5.56 Å². The van der Waals surface area contributed by atoms with Gasteiger partial charge in [-0.3, -0.25) is 9.59 Å². The fourth-order valence-corrected chi connectivity index (χ4v) is 5.22. The van der Waals surface area contributed by atoms with Crippen molar-refractivity contribution < 1.29 is 14.7 Å². The van der Waals surface area contributed by atoms with E-state index in [0.717, 1.165) is 39.2 Å². The summed E-state index contributed by atoms with van der Waals surface area (Å²) in [6, 6.07) is 14.0. The monoisotopic (exact) mass is 423 g/mol. The number of carboxylic acids is 1. The van der Waals surface area contributed by atoms with Crippen molar-refractivity contribution in [2.24, 2.45) is 11.1 Å². The van der Waals surface area contributed by atoms with E-state index in [9.17, 15) is 14.7 Å². The van der Waals surface area contributed by atoms with Gasteiger partial charge in [0.15, 0.2) is 0 Å². The number of aliphatic carboxylic acids is 1. The molecule has 0 radical (unpaired) electrons. The third kappa shape index (κ3) is 4.22. The van der Waals surface area contributed by atoms with Gasteiger partial charge in [-0.15, -0.1) is 11.3 Å². The lowest BCUT2D eigenvalue weighted by Crippen LogP contribution is -2.43. The molecule has 4 N–H and O–H groups in total. The van der Waals surface area contributed by atoms with Crippen LogP contribution in [0.5, 0.6) is 0 Å². The van der Waals surface area contributed by atoms with Gasteiger partial charge in [0.25, 0.3) is 0 Å². The van der Waals surface area contributed by atoms with Crippen molar-refractivity contribution >= 4 is 33.4 Å². The number of benzene rings is 2. The molecule has 156 valence electrons. The molecule has 0 atom stereocenters. The Balaban J connectivity index is 1.48. The van der Waals surface area contributed by atoms with Gasteiger partial charge in [-0.25, -0.2) is 4.98 Å². The Kier molecular flexibility index (Phi) is 5.83. The number of nitrogens with zero attached hydrogens (tertiary/aromatic N) is 1. The maximum Gasteiger partial charge on any atom is 0.304 e. The molecule has 1 aliphatic carbocycles. The summed E-state index contributed by atoms with van der Waals surface area (Å²) in [5.41, 5.74) is 8.91. The number of carbonyl (C=O) groups excluding carboxylic acids is 1. The summed E-state index contributed by atoms with van der Waals surface area (Å²) in [6.45, 7) is 0.966. The predicted molar refractivity (Wildman–Crippen MR) is 117 cm³/mol. The van der Waals surface area contributed by atoms with Crippen molar-refractivity contribution in [2.45, 2.75) is 38.6 Å². The zero-order valence-electron chi connectivity index (χ0n) is 16.7. The Morgan fingerprint density at radius 2 is 1.90 bits per heavy atom. The van der Waals surface area contributed by atoms with E-state index in [4.69, 9.17) is 5.73 Å². The number of aromatic nitrogens is 1. The largest absolute Gasteiger partial charge is 0.481 e. The van der Waals surface area contributed by atoms with Crippen LogP contribution in [0.25, 0.3) is 10.2 Å². The maximum absolute atomic E-state index is 13.1. The molecular formula is C23H25N3O3S. The zero-order valence-corrected chi connectivity index (χ0v) is 17.5. The normalized spacial score (nSPS) is 14.6. The average molecular weight is 424 g/mol. The van der Waals surface area contributed by atoms with E-state index < -0.39 is 11.4 Å². The molecule has 1 aromatic heterocycles. The van der Waals surface area contributed by atoms with Gasteiger partial charge >= 0.3 is 5.97 Å². The molecule has 0 unspecified atom stereocenters. The summed E-state index contributed by atoms with van der Waals surface area (Å²) in [6.07, 6.45) is 2.60. The highest BCUT2D eigenvalue weighted by atomic mass is 32.1. The van der Waals surface area contributed by atoms with Crippen molar-refractivity contribution in [3.8, 4) is 0 Å². The van der Waals surface area contributed by atoms with Gasteiger partial charge in [0.1, 0.15) is 5.01 Å². The van der Waals surface area contributed by atoms with Gasteiger partial charge in [0.2, 0.25) is 5.91 Å². The van der Waals surface area contributed by atoms with Crippen molar-refractivity contribution in [3.05, 3.63) is 64.2 Å². The van der Waals surface area contributed by atoms with E-state index in [-0.39, 0.29) is 12.3 Å². The first kappa shape index (κ1) is 20.5. The number of amides is 1. The van der Waals surface area contributed by atoms with Crippen LogP contribution in [0.15, 0.2) is 42.5 Å². The minimum absolute atomic E-state index is 0.183. The molecule has 0 saturated heterocycles. The molecule has 0 bridgehead atoms. The lowest BCUT2D eigenvalue weighted by atomic mass is 9.80. The molecule has 0 saturated carbocycles. The van der Waals surface area contributed by atoms with Crippen LogP contribution in [-0.2, 0) is 35.4 Å². The zero-order chi connectivity index (χ0) is 21.1. The molecule has 2 aromatic carbocycles. The Morgan fingerprint density at radius 1 is 1.17 bits per heavy atom. The van der Waals surface area contributed by atoms with Crippen LogP contribution in [0, 0.1) is 5.41 Å². The Bertz CT molecular complexity index is 1070. The lowest BCUT2D eigenvalue weighted by molar-refractivity contribution is -0.145. The Hall–Kier alpha value is -2.77. The van der Waals surface area contributed by atoms with Gasteiger partial charge < -0.3 is 16.2 Å². The fourth-order valence-electron chi connectivity index (χ4n) is 4.25. The summed E-state index contributed by atoms with van der Waals surface area (Å²) in [7, 11) is 0. The number of carbonyl (C=O) groups is 2. The van der Waals surface area contributed by atoms with Gasteiger partial charge in [0.05, 0.1) is 28.6 Å².